The Balaban J connectivity index is 1.41. The topological polar surface area (TPSA) is 32.3 Å². The van der Waals surface area contributed by atoms with Crippen LogP contribution in [0.1, 0.15) is 16.7 Å². The van der Waals surface area contributed by atoms with Gasteiger partial charge in [0.15, 0.2) is 0 Å². The normalized spacial score (nSPS) is 19.2. The van der Waals surface area contributed by atoms with E-state index in [1.54, 1.807) is 0 Å². The largest absolute Gasteiger partial charge is 0.416 e. The Morgan fingerprint density at radius 2 is 1.72 bits per heavy atom. The summed E-state index contributed by atoms with van der Waals surface area (Å²) in [4.78, 5) is 14.5. The van der Waals surface area contributed by atoms with Crippen molar-refractivity contribution < 1.29 is 18.0 Å². The summed E-state index contributed by atoms with van der Waals surface area (Å²) in [6.45, 7) is 1.79. The van der Waals surface area contributed by atoms with Gasteiger partial charge in [0.05, 0.1) is 11.0 Å². The number of carbonyl (C=O) groups excluding carboxylic acids is 1. The lowest BCUT2D eigenvalue weighted by atomic mass is 9.71. The van der Waals surface area contributed by atoms with Gasteiger partial charge < -0.3 is 5.32 Å². The predicted molar refractivity (Wildman–Crippen MR) is 87.9 cm³/mol. The molecule has 1 spiro atoms. The van der Waals surface area contributed by atoms with Gasteiger partial charge in [0.25, 0.3) is 0 Å². The average Bonchev–Trinajstić information content (AvgIpc) is 2.53. The molecule has 2 aliphatic heterocycles. The first-order chi connectivity index (χ1) is 11.9. The minimum Gasteiger partial charge on any atom is -0.325 e. The summed E-state index contributed by atoms with van der Waals surface area (Å²) in [6.07, 6.45) is -3.61. The number of rotatable bonds is 2. The van der Waals surface area contributed by atoms with Crippen molar-refractivity contribution in [3.63, 3.8) is 0 Å². The molecule has 130 valence electrons. The summed E-state index contributed by atoms with van der Waals surface area (Å²) in [5.41, 5.74) is 1.77. The molecule has 0 bridgehead atoms. The summed E-state index contributed by atoms with van der Waals surface area (Å²) in [7, 11) is 0. The van der Waals surface area contributed by atoms with Crippen molar-refractivity contribution in [1.29, 1.82) is 0 Å². The average molecular weight is 346 g/mol. The first kappa shape index (κ1) is 16.1. The summed E-state index contributed by atoms with van der Waals surface area (Å²) in [5, 5.41) is 2.97. The number of carbonyl (C=O) groups is 1. The molecule has 1 N–H and O–H groups in total. The van der Waals surface area contributed by atoms with Crippen molar-refractivity contribution in [1.82, 2.24) is 4.90 Å². The van der Waals surface area contributed by atoms with E-state index in [1.807, 2.05) is 24.3 Å². The highest BCUT2D eigenvalue weighted by Crippen LogP contribution is 2.41. The lowest BCUT2D eigenvalue weighted by molar-refractivity contribution is -0.138. The highest BCUT2D eigenvalue weighted by atomic mass is 19.4. The first-order valence-corrected chi connectivity index (χ1v) is 8.14. The zero-order chi connectivity index (χ0) is 17.7. The number of fused-ring (bicyclic) bond motifs is 1. The van der Waals surface area contributed by atoms with Crippen molar-refractivity contribution in [2.24, 2.45) is 5.41 Å². The van der Waals surface area contributed by atoms with E-state index in [0.717, 1.165) is 28.9 Å². The number of likely N-dealkylation sites (tertiary alicyclic amines) is 1. The molecular formula is C19H17F3N2O. The van der Waals surface area contributed by atoms with E-state index >= 15 is 0 Å². The van der Waals surface area contributed by atoms with E-state index in [0.29, 0.717) is 26.1 Å². The van der Waals surface area contributed by atoms with Gasteiger partial charge in [-0.3, -0.25) is 9.69 Å². The summed E-state index contributed by atoms with van der Waals surface area (Å²) in [6, 6.07) is 13.0. The Morgan fingerprint density at radius 3 is 2.40 bits per heavy atom. The quantitative estimate of drug-likeness (QED) is 0.899. The van der Waals surface area contributed by atoms with Crippen LogP contribution in [-0.2, 0) is 23.9 Å². The van der Waals surface area contributed by atoms with Gasteiger partial charge in [-0.25, -0.2) is 0 Å². The molecule has 1 saturated heterocycles. The SMILES string of the molecule is O=C1Nc2ccccc2CC12CN(Cc1ccc(C(F)(F)F)cc1)C2. The van der Waals surface area contributed by atoms with Crippen LogP contribution in [0.15, 0.2) is 48.5 Å². The lowest BCUT2D eigenvalue weighted by Gasteiger charge is -2.51. The lowest BCUT2D eigenvalue weighted by Crippen LogP contribution is -2.63. The van der Waals surface area contributed by atoms with Crippen molar-refractivity contribution in [3.8, 4) is 0 Å². The van der Waals surface area contributed by atoms with E-state index in [4.69, 9.17) is 0 Å². The highest BCUT2D eigenvalue weighted by molar-refractivity contribution is 5.99. The molecule has 0 atom stereocenters. The second-order valence-electron chi connectivity index (χ2n) is 6.91. The van der Waals surface area contributed by atoms with E-state index in [1.165, 1.54) is 12.1 Å². The van der Waals surface area contributed by atoms with Crippen LogP contribution in [-0.4, -0.2) is 23.9 Å². The maximum absolute atomic E-state index is 12.6. The summed E-state index contributed by atoms with van der Waals surface area (Å²) < 4.78 is 37.8. The minimum absolute atomic E-state index is 0.0369. The molecule has 0 saturated carbocycles. The number of benzene rings is 2. The number of alkyl halides is 3. The maximum atomic E-state index is 12.6. The van der Waals surface area contributed by atoms with Gasteiger partial charge in [-0.15, -0.1) is 0 Å². The van der Waals surface area contributed by atoms with Crippen molar-refractivity contribution in [2.75, 3.05) is 18.4 Å². The fraction of sp³-hybridized carbons (Fsp3) is 0.316. The van der Waals surface area contributed by atoms with Crippen molar-refractivity contribution in [2.45, 2.75) is 19.1 Å². The molecule has 1 amide bonds. The number of para-hydroxylation sites is 1. The zero-order valence-corrected chi connectivity index (χ0v) is 13.4. The van der Waals surface area contributed by atoms with Crippen LogP contribution in [0.3, 0.4) is 0 Å². The molecule has 3 nitrogen and oxygen atoms in total. The van der Waals surface area contributed by atoms with Gasteiger partial charge in [-0.1, -0.05) is 30.3 Å². The molecule has 2 aromatic carbocycles. The molecule has 0 aromatic heterocycles. The van der Waals surface area contributed by atoms with Crippen molar-refractivity contribution in [3.05, 3.63) is 65.2 Å². The van der Waals surface area contributed by atoms with Crippen LogP contribution in [0.5, 0.6) is 0 Å². The third kappa shape index (κ3) is 2.91. The fourth-order valence-corrected chi connectivity index (χ4v) is 3.73. The molecule has 6 heteroatoms. The van der Waals surface area contributed by atoms with Crippen LogP contribution in [0.4, 0.5) is 18.9 Å². The zero-order valence-electron chi connectivity index (χ0n) is 13.4. The highest BCUT2D eigenvalue weighted by Gasteiger charge is 2.51. The van der Waals surface area contributed by atoms with Crippen LogP contribution in [0.2, 0.25) is 0 Å². The van der Waals surface area contributed by atoms with Crippen LogP contribution in [0, 0.1) is 5.41 Å². The third-order valence-corrected chi connectivity index (χ3v) is 5.02. The smallest absolute Gasteiger partial charge is 0.325 e. The summed E-state index contributed by atoms with van der Waals surface area (Å²) in [5.74, 6) is 0.0369. The van der Waals surface area contributed by atoms with Gasteiger partial charge in [0, 0.05) is 25.3 Å². The molecule has 0 aliphatic carbocycles. The Hall–Kier alpha value is -2.34. The van der Waals surface area contributed by atoms with E-state index < -0.39 is 17.2 Å². The molecule has 0 radical (unpaired) electrons. The monoisotopic (exact) mass is 346 g/mol. The van der Waals surface area contributed by atoms with E-state index in [-0.39, 0.29) is 5.91 Å². The maximum Gasteiger partial charge on any atom is 0.416 e. The number of amides is 1. The second-order valence-corrected chi connectivity index (χ2v) is 6.91. The number of nitrogens with one attached hydrogen (secondary N) is 1. The van der Waals surface area contributed by atoms with Crippen LogP contribution >= 0.6 is 0 Å². The molecule has 4 rings (SSSR count). The molecular weight excluding hydrogens is 329 g/mol. The first-order valence-electron chi connectivity index (χ1n) is 8.14. The van der Waals surface area contributed by atoms with Gasteiger partial charge in [0.1, 0.15) is 0 Å². The minimum atomic E-state index is -4.31. The second kappa shape index (κ2) is 5.59. The Labute approximate surface area is 143 Å². The number of nitrogens with zero attached hydrogens (tertiary/aromatic N) is 1. The van der Waals surface area contributed by atoms with Gasteiger partial charge >= 0.3 is 6.18 Å². The van der Waals surface area contributed by atoms with E-state index in [9.17, 15) is 18.0 Å². The van der Waals surface area contributed by atoms with Crippen LogP contribution < -0.4 is 5.32 Å². The predicted octanol–water partition coefficient (Wildman–Crippen LogP) is 3.70. The van der Waals surface area contributed by atoms with Crippen molar-refractivity contribution >= 4 is 11.6 Å². The number of halogens is 3. The molecule has 0 unspecified atom stereocenters. The standard InChI is InChI=1S/C19H17F3N2O/c20-19(21,22)15-7-5-13(6-8-15)10-24-11-18(12-24)9-14-3-1-2-4-16(14)23-17(18)25/h1-8H,9-12H2,(H,23,25). The van der Waals surface area contributed by atoms with Gasteiger partial charge in [-0.05, 0) is 35.7 Å². The number of hydrogen-bond donors (Lipinski definition) is 1. The number of anilines is 1. The van der Waals surface area contributed by atoms with E-state index in [2.05, 4.69) is 10.2 Å². The Kier molecular flexibility index (Phi) is 3.61. The number of hydrogen-bond acceptors (Lipinski definition) is 2. The third-order valence-electron chi connectivity index (χ3n) is 5.02. The van der Waals surface area contributed by atoms with Gasteiger partial charge in [0.2, 0.25) is 5.91 Å². The Morgan fingerprint density at radius 1 is 1.04 bits per heavy atom. The van der Waals surface area contributed by atoms with Crippen LogP contribution in [0.25, 0.3) is 0 Å². The van der Waals surface area contributed by atoms with Gasteiger partial charge in [-0.2, -0.15) is 13.2 Å². The fourth-order valence-electron chi connectivity index (χ4n) is 3.73. The summed E-state index contributed by atoms with van der Waals surface area (Å²) >= 11 is 0. The molecule has 25 heavy (non-hydrogen) atoms. The molecule has 1 fully saturated rings. The molecule has 2 aliphatic rings. The molecule has 2 heterocycles. The molecule has 2 aromatic rings. The Bertz CT molecular complexity index is 808.